The number of hydrogen-bond acceptors (Lipinski definition) is 1. The molecule has 0 aromatic rings. The summed E-state index contributed by atoms with van der Waals surface area (Å²) in [5.74, 6) is 0.884. The average Bonchev–Trinajstić information content (AvgIpc) is 2.43. The Labute approximate surface area is 123 Å². The van der Waals surface area contributed by atoms with Gasteiger partial charge in [-0.25, -0.2) is 0 Å². The fourth-order valence-corrected chi connectivity index (χ4v) is 2.60. The molecule has 0 fully saturated rings. The van der Waals surface area contributed by atoms with Crippen molar-refractivity contribution >= 4 is 0 Å². The first kappa shape index (κ1) is 17.0. The molecule has 1 nitrogen and oxygen atoms in total. The molecule has 0 saturated carbocycles. The number of hydrogen-bond donors (Lipinski definition) is 1. The monoisotopic (exact) mass is 271 g/mol. The molecular formula is C18H38O. The summed E-state index contributed by atoms with van der Waals surface area (Å²) in [6.07, 6.45) is 19.3. The number of rotatable bonds is 16. The summed E-state index contributed by atoms with van der Waals surface area (Å²) in [6, 6.07) is 0. The molecule has 0 rings (SSSR count). The lowest BCUT2D eigenvalue weighted by Gasteiger charge is -2.04. The smallest absolute Gasteiger partial charge is 0.210 e. The SMILES string of the molecule is [2H]OCCCCCCCCCCCCCCCC(C)C. The molecule has 19 heavy (non-hydrogen) atoms. The molecule has 0 aromatic carbocycles. The van der Waals surface area contributed by atoms with Crippen LogP contribution in [0.1, 0.15) is 104 Å². The number of aliphatic hydroxyl groups is 1. The van der Waals surface area contributed by atoms with Crippen LogP contribution >= 0.6 is 0 Å². The topological polar surface area (TPSA) is 20.2 Å². The predicted molar refractivity (Wildman–Crippen MR) is 86.6 cm³/mol. The summed E-state index contributed by atoms with van der Waals surface area (Å²) >= 11 is 0. The van der Waals surface area contributed by atoms with Gasteiger partial charge in [0, 0.05) is 6.61 Å². The van der Waals surface area contributed by atoms with Crippen molar-refractivity contribution in [3.05, 3.63) is 0 Å². The van der Waals surface area contributed by atoms with E-state index in [4.69, 9.17) is 1.43 Å². The maximum atomic E-state index is 6.59. The molecule has 0 spiro atoms. The van der Waals surface area contributed by atoms with Gasteiger partial charge in [0.25, 0.3) is 0 Å². The normalized spacial score (nSPS) is 12.1. The first-order valence-electron chi connectivity index (χ1n) is 9.26. The lowest BCUT2D eigenvalue weighted by atomic mass is 10.0. The molecule has 0 aliphatic heterocycles. The number of aliphatic hydroxyl groups excluding tert-OH is 1. The van der Waals surface area contributed by atoms with E-state index in [1.165, 1.54) is 83.5 Å². The van der Waals surface area contributed by atoms with Crippen molar-refractivity contribution in [2.75, 3.05) is 6.61 Å². The minimum Gasteiger partial charge on any atom is -0.396 e. The second-order valence-corrected chi connectivity index (χ2v) is 6.48. The fourth-order valence-electron chi connectivity index (χ4n) is 2.60. The summed E-state index contributed by atoms with van der Waals surface area (Å²) < 4.78 is 6.59. The van der Waals surface area contributed by atoms with E-state index >= 15 is 0 Å². The molecule has 0 bridgehead atoms. The Kier molecular flexibility index (Phi) is 14.3. The van der Waals surface area contributed by atoms with Crippen LogP contribution in [0.3, 0.4) is 0 Å². The van der Waals surface area contributed by atoms with Gasteiger partial charge in [-0.05, 0) is 12.3 Å². The Bertz CT molecular complexity index is 171. The van der Waals surface area contributed by atoms with Crippen molar-refractivity contribution < 1.29 is 5.11 Å². The summed E-state index contributed by atoms with van der Waals surface area (Å²) in [5, 5.41) is 4.31. The summed E-state index contributed by atoms with van der Waals surface area (Å²) in [6.45, 7) is 5.25. The van der Waals surface area contributed by atoms with Gasteiger partial charge in [0.2, 0.25) is 1.43 Å². The maximum Gasteiger partial charge on any atom is 0.210 e. The molecule has 0 heterocycles. The van der Waals surface area contributed by atoms with Gasteiger partial charge >= 0.3 is 0 Å². The second kappa shape index (κ2) is 16.0. The third kappa shape index (κ3) is 18.0. The van der Waals surface area contributed by atoms with Crippen molar-refractivity contribution in [2.24, 2.45) is 5.92 Å². The van der Waals surface area contributed by atoms with Gasteiger partial charge < -0.3 is 5.11 Å². The molecule has 0 saturated heterocycles. The van der Waals surface area contributed by atoms with Crippen molar-refractivity contribution in [2.45, 2.75) is 104 Å². The minimum atomic E-state index is 0.608. The van der Waals surface area contributed by atoms with Gasteiger partial charge in [-0.3, -0.25) is 0 Å². The van der Waals surface area contributed by atoms with Crippen LogP contribution in [-0.2, 0) is 0 Å². The summed E-state index contributed by atoms with van der Waals surface area (Å²) in [5.41, 5.74) is 0. The van der Waals surface area contributed by atoms with Crippen LogP contribution < -0.4 is 0 Å². The molecule has 0 aliphatic rings. The van der Waals surface area contributed by atoms with Crippen molar-refractivity contribution in [3.8, 4) is 0 Å². The van der Waals surface area contributed by atoms with Gasteiger partial charge in [0.05, 0.1) is 0 Å². The van der Waals surface area contributed by atoms with E-state index in [2.05, 4.69) is 19.0 Å². The highest BCUT2D eigenvalue weighted by molar-refractivity contribution is 4.50. The molecule has 1 N–H and O–H groups in total. The largest absolute Gasteiger partial charge is 0.396 e. The minimum absolute atomic E-state index is 0.608. The molecule has 0 amide bonds. The van der Waals surface area contributed by atoms with E-state index in [0.29, 0.717) is 6.61 Å². The standard InChI is InChI=1S/C18H38O/c1-18(2)16-14-12-10-8-6-4-3-5-7-9-11-13-15-17-19/h18-19H,3-17H2,1-2H3/i19D. The fraction of sp³-hybridized carbons (Fsp3) is 1.00. The molecule has 0 aliphatic carbocycles. The van der Waals surface area contributed by atoms with E-state index in [1.54, 1.807) is 0 Å². The molecule has 0 radical (unpaired) electrons. The Morgan fingerprint density at radius 2 is 1.00 bits per heavy atom. The summed E-state index contributed by atoms with van der Waals surface area (Å²) in [7, 11) is 0. The Morgan fingerprint density at radius 1 is 0.632 bits per heavy atom. The number of unbranched alkanes of at least 4 members (excludes halogenated alkanes) is 12. The highest BCUT2D eigenvalue weighted by atomic mass is 16.2. The van der Waals surface area contributed by atoms with Crippen LogP contribution in [0, 0.1) is 5.92 Å². The maximum absolute atomic E-state index is 6.59. The molecule has 1 heteroatoms. The zero-order valence-corrected chi connectivity index (χ0v) is 13.6. The average molecular weight is 272 g/mol. The van der Waals surface area contributed by atoms with Crippen LogP contribution in [0.4, 0.5) is 0 Å². The lowest BCUT2D eigenvalue weighted by molar-refractivity contribution is 0.282. The molecule has 0 atom stereocenters. The van der Waals surface area contributed by atoms with Gasteiger partial charge in [0.1, 0.15) is 0 Å². The highest BCUT2D eigenvalue weighted by Crippen LogP contribution is 2.14. The first-order valence-corrected chi connectivity index (χ1v) is 8.85. The van der Waals surface area contributed by atoms with Gasteiger partial charge in [-0.15, -0.1) is 0 Å². The highest BCUT2D eigenvalue weighted by Gasteiger charge is 1.95. The Balaban J connectivity index is 2.92. The Morgan fingerprint density at radius 3 is 1.37 bits per heavy atom. The van der Waals surface area contributed by atoms with Crippen molar-refractivity contribution in [3.63, 3.8) is 0 Å². The second-order valence-electron chi connectivity index (χ2n) is 6.48. The Hall–Kier alpha value is -0.0400. The van der Waals surface area contributed by atoms with Gasteiger partial charge in [-0.1, -0.05) is 97.3 Å². The quantitative estimate of drug-likeness (QED) is 0.336. The van der Waals surface area contributed by atoms with Crippen LogP contribution in [0.5, 0.6) is 0 Å². The van der Waals surface area contributed by atoms with E-state index in [0.717, 1.165) is 12.3 Å². The zero-order chi connectivity index (χ0) is 14.9. The lowest BCUT2D eigenvalue weighted by Crippen LogP contribution is -1.87. The zero-order valence-electron chi connectivity index (χ0n) is 14.6. The first-order chi connectivity index (χ1) is 9.77. The molecule has 0 unspecified atom stereocenters. The third-order valence-electron chi connectivity index (χ3n) is 3.93. The van der Waals surface area contributed by atoms with Gasteiger partial charge in [0.15, 0.2) is 0 Å². The molecule has 0 aromatic heterocycles. The van der Waals surface area contributed by atoms with Crippen LogP contribution in [0.2, 0.25) is 0 Å². The van der Waals surface area contributed by atoms with Crippen molar-refractivity contribution in [1.29, 1.82) is 1.43 Å². The van der Waals surface area contributed by atoms with Crippen molar-refractivity contribution in [1.82, 2.24) is 0 Å². The third-order valence-corrected chi connectivity index (χ3v) is 3.93. The van der Waals surface area contributed by atoms with E-state index in [1.807, 2.05) is 0 Å². The predicted octanol–water partition coefficient (Wildman–Crippen LogP) is 6.10. The molecule has 116 valence electrons. The van der Waals surface area contributed by atoms with Crippen LogP contribution in [-0.4, -0.2) is 13.1 Å². The van der Waals surface area contributed by atoms with E-state index in [9.17, 15) is 0 Å². The van der Waals surface area contributed by atoms with Crippen LogP contribution in [0.25, 0.3) is 0 Å². The van der Waals surface area contributed by atoms with E-state index < -0.39 is 0 Å². The molecular weight excluding hydrogens is 232 g/mol. The van der Waals surface area contributed by atoms with Crippen LogP contribution in [0.15, 0.2) is 0 Å². The summed E-state index contributed by atoms with van der Waals surface area (Å²) in [4.78, 5) is 0. The van der Waals surface area contributed by atoms with E-state index in [-0.39, 0.29) is 0 Å². The van der Waals surface area contributed by atoms with Gasteiger partial charge in [-0.2, -0.15) is 0 Å².